The second-order valence-electron chi connectivity index (χ2n) is 5.31. The predicted molar refractivity (Wildman–Crippen MR) is 83.8 cm³/mol. The molecule has 2 aromatic rings. The van der Waals surface area contributed by atoms with Crippen LogP contribution in [-0.2, 0) is 4.74 Å². The van der Waals surface area contributed by atoms with Crippen molar-refractivity contribution in [2.75, 3.05) is 16.8 Å². The van der Waals surface area contributed by atoms with E-state index in [-0.39, 0.29) is 18.2 Å². The SMILES string of the molecule is C[C@@H](Nc1nccc(N2C(=O)OC[C@@H]2C)n1)c1ccccc1. The van der Waals surface area contributed by atoms with Crippen molar-refractivity contribution in [3.8, 4) is 0 Å². The lowest BCUT2D eigenvalue weighted by Crippen LogP contribution is -2.31. The van der Waals surface area contributed by atoms with Crippen molar-refractivity contribution in [2.45, 2.75) is 25.9 Å². The molecule has 0 aliphatic carbocycles. The summed E-state index contributed by atoms with van der Waals surface area (Å²) in [5, 5.41) is 3.25. The second-order valence-corrected chi connectivity index (χ2v) is 5.31. The largest absolute Gasteiger partial charge is 0.447 e. The maximum atomic E-state index is 11.8. The molecular formula is C16H18N4O2. The third kappa shape index (κ3) is 2.86. The van der Waals surface area contributed by atoms with Crippen LogP contribution in [0.3, 0.4) is 0 Å². The summed E-state index contributed by atoms with van der Waals surface area (Å²) < 4.78 is 5.03. The number of hydrogen-bond donors (Lipinski definition) is 1. The minimum absolute atomic E-state index is 0.0261. The number of rotatable bonds is 4. The molecule has 1 N–H and O–H groups in total. The second kappa shape index (κ2) is 6.01. The van der Waals surface area contributed by atoms with Gasteiger partial charge in [0.05, 0.1) is 12.1 Å². The lowest BCUT2D eigenvalue weighted by molar-refractivity contribution is 0.179. The third-order valence-electron chi connectivity index (χ3n) is 3.62. The minimum Gasteiger partial charge on any atom is -0.447 e. The minimum atomic E-state index is -0.367. The van der Waals surface area contributed by atoms with Gasteiger partial charge in [0.2, 0.25) is 5.95 Å². The van der Waals surface area contributed by atoms with Crippen LogP contribution in [0.1, 0.15) is 25.5 Å². The van der Waals surface area contributed by atoms with Crippen molar-refractivity contribution < 1.29 is 9.53 Å². The normalized spacial score (nSPS) is 18.9. The number of nitrogens with one attached hydrogen (secondary N) is 1. The maximum absolute atomic E-state index is 11.8. The standard InChI is InChI=1S/C16H18N4O2/c1-11-10-22-16(21)20(11)14-8-9-17-15(19-14)18-12(2)13-6-4-3-5-7-13/h3-9,11-12H,10H2,1-2H3,(H,17,18,19)/t11-,12+/m0/s1. The van der Waals surface area contributed by atoms with Gasteiger partial charge in [0, 0.05) is 6.20 Å². The summed E-state index contributed by atoms with van der Waals surface area (Å²) in [5.74, 6) is 1.04. The average molecular weight is 298 g/mol. The quantitative estimate of drug-likeness (QED) is 0.940. The molecule has 1 aliphatic heterocycles. The summed E-state index contributed by atoms with van der Waals surface area (Å²) >= 11 is 0. The van der Waals surface area contributed by atoms with Crippen molar-refractivity contribution in [3.05, 3.63) is 48.2 Å². The Bertz CT molecular complexity index is 662. The lowest BCUT2D eigenvalue weighted by Gasteiger charge is -2.18. The molecule has 3 rings (SSSR count). The van der Waals surface area contributed by atoms with E-state index in [4.69, 9.17) is 4.74 Å². The van der Waals surface area contributed by atoms with E-state index in [1.807, 2.05) is 44.2 Å². The third-order valence-corrected chi connectivity index (χ3v) is 3.62. The number of carbonyl (C=O) groups is 1. The summed E-state index contributed by atoms with van der Waals surface area (Å²) in [6, 6.07) is 11.8. The molecule has 22 heavy (non-hydrogen) atoms. The zero-order chi connectivity index (χ0) is 15.5. The van der Waals surface area contributed by atoms with E-state index in [9.17, 15) is 4.79 Å². The molecule has 0 saturated carbocycles. The number of carbonyl (C=O) groups excluding carboxylic acids is 1. The van der Waals surface area contributed by atoms with Crippen LogP contribution in [0.15, 0.2) is 42.6 Å². The number of amides is 1. The average Bonchev–Trinajstić information content (AvgIpc) is 2.87. The zero-order valence-electron chi connectivity index (χ0n) is 12.6. The fraction of sp³-hybridized carbons (Fsp3) is 0.312. The van der Waals surface area contributed by atoms with E-state index in [0.29, 0.717) is 18.4 Å². The van der Waals surface area contributed by atoms with Crippen molar-refractivity contribution in [3.63, 3.8) is 0 Å². The van der Waals surface area contributed by atoms with Crippen LogP contribution >= 0.6 is 0 Å². The Morgan fingerprint density at radius 1 is 1.32 bits per heavy atom. The van der Waals surface area contributed by atoms with Gasteiger partial charge in [0.15, 0.2) is 0 Å². The predicted octanol–water partition coefficient (Wildman–Crippen LogP) is 2.99. The Kier molecular flexibility index (Phi) is 3.91. The van der Waals surface area contributed by atoms with Crippen LogP contribution in [0, 0.1) is 0 Å². The molecule has 0 unspecified atom stereocenters. The highest BCUT2D eigenvalue weighted by Gasteiger charge is 2.32. The van der Waals surface area contributed by atoms with Crippen molar-refractivity contribution in [2.24, 2.45) is 0 Å². The number of hydrogen-bond acceptors (Lipinski definition) is 5. The van der Waals surface area contributed by atoms with Gasteiger partial charge >= 0.3 is 6.09 Å². The molecule has 6 heteroatoms. The first-order valence-corrected chi connectivity index (χ1v) is 7.25. The molecular weight excluding hydrogens is 280 g/mol. The van der Waals surface area contributed by atoms with Crippen LogP contribution in [0.25, 0.3) is 0 Å². The summed E-state index contributed by atoms with van der Waals surface area (Å²) in [6.07, 6.45) is 1.27. The molecule has 1 saturated heterocycles. The number of cyclic esters (lactones) is 1. The summed E-state index contributed by atoms with van der Waals surface area (Å²) in [5.41, 5.74) is 1.14. The Morgan fingerprint density at radius 3 is 2.77 bits per heavy atom. The molecule has 0 radical (unpaired) electrons. The molecule has 2 heterocycles. The van der Waals surface area contributed by atoms with E-state index in [1.165, 1.54) is 0 Å². The molecule has 114 valence electrons. The van der Waals surface area contributed by atoms with Crippen molar-refractivity contribution >= 4 is 17.9 Å². The van der Waals surface area contributed by atoms with Gasteiger partial charge in [-0.05, 0) is 25.5 Å². The van der Waals surface area contributed by atoms with Gasteiger partial charge in [-0.2, -0.15) is 4.98 Å². The van der Waals surface area contributed by atoms with Gasteiger partial charge in [-0.15, -0.1) is 0 Å². The first-order valence-electron chi connectivity index (χ1n) is 7.25. The zero-order valence-corrected chi connectivity index (χ0v) is 12.6. The summed E-state index contributed by atoms with van der Waals surface area (Å²) in [7, 11) is 0. The highest BCUT2D eigenvalue weighted by molar-refractivity contribution is 5.89. The van der Waals surface area contributed by atoms with Gasteiger partial charge < -0.3 is 10.1 Å². The van der Waals surface area contributed by atoms with Gasteiger partial charge in [-0.3, -0.25) is 4.90 Å². The Labute approximate surface area is 129 Å². The van der Waals surface area contributed by atoms with E-state index in [2.05, 4.69) is 15.3 Å². The molecule has 2 atom stereocenters. The molecule has 6 nitrogen and oxygen atoms in total. The molecule has 1 fully saturated rings. The van der Waals surface area contributed by atoms with E-state index in [1.54, 1.807) is 17.2 Å². The van der Waals surface area contributed by atoms with Crippen molar-refractivity contribution in [1.82, 2.24) is 9.97 Å². The van der Waals surface area contributed by atoms with E-state index < -0.39 is 0 Å². The topological polar surface area (TPSA) is 67.4 Å². The van der Waals surface area contributed by atoms with E-state index >= 15 is 0 Å². The van der Waals surface area contributed by atoms with Crippen LogP contribution in [0.2, 0.25) is 0 Å². The van der Waals surface area contributed by atoms with Crippen LogP contribution in [-0.4, -0.2) is 28.7 Å². The molecule has 0 spiro atoms. The number of ether oxygens (including phenoxy) is 1. The summed E-state index contributed by atoms with van der Waals surface area (Å²) in [6.45, 7) is 4.34. The number of benzene rings is 1. The van der Waals surface area contributed by atoms with Gasteiger partial charge in [-0.1, -0.05) is 30.3 Å². The fourth-order valence-corrected chi connectivity index (χ4v) is 2.41. The number of aromatic nitrogens is 2. The molecule has 1 aromatic heterocycles. The molecule has 1 aromatic carbocycles. The van der Waals surface area contributed by atoms with Gasteiger partial charge in [0.25, 0.3) is 0 Å². The summed E-state index contributed by atoms with van der Waals surface area (Å²) in [4.78, 5) is 22.0. The molecule has 0 bridgehead atoms. The van der Waals surface area contributed by atoms with E-state index in [0.717, 1.165) is 5.56 Å². The Morgan fingerprint density at radius 2 is 2.09 bits per heavy atom. The first kappa shape index (κ1) is 14.3. The van der Waals surface area contributed by atoms with Crippen LogP contribution in [0.5, 0.6) is 0 Å². The molecule has 1 amide bonds. The first-order chi connectivity index (χ1) is 10.6. The maximum Gasteiger partial charge on any atom is 0.415 e. The smallest absolute Gasteiger partial charge is 0.415 e. The van der Waals surface area contributed by atoms with Gasteiger partial charge in [0.1, 0.15) is 12.4 Å². The highest BCUT2D eigenvalue weighted by atomic mass is 16.6. The van der Waals surface area contributed by atoms with Crippen molar-refractivity contribution in [1.29, 1.82) is 0 Å². The fourth-order valence-electron chi connectivity index (χ4n) is 2.41. The number of nitrogens with zero attached hydrogens (tertiary/aromatic N) is 3. The lowest BCUT2D eigenvalue weighted by atomic mass is 10.1. The highest BCUT2D eigenvalue weighted by Crippen LogP contribution is 2.22. The monoisotopic (exact) mass is 298 g/mol. The van der Waals surface area contributed by atoms with Crippen LogP contribution in [0.4, 0.5) is 16.6 Å². The number of anilines is 2. The Hall–Kier alpha value is -2.63. The van der Waals surface area contributed by atoms with Gasteiger partial charge in [-0.25, -0.2) is 9.78 Å². The van der Waals surface area contributed by atoms with Crippen LogP contribution < -0.4 is 10.2 Å². The Balaban J connectivity index is 1.78. The molecule has 1 aliphatic rings.